The van der Waals surface area contributed by atoms with Crippen LogP contribution in [0.3, 0.4) is 0 Å². The van der Waals surface area contributed by atoms with Gasteiger partial charge in [0.05, 0.1) is 31.7 Å². The number of hydrogen-bond acceptors (Lipinski definition) is 10. The molecule has 2 aromatic heterocycles. The molecule has 34 heavy (non-hydrogen) atoms. The van der Waals surface area contributed by atoms with Crippen molar-refractivity contribution in [3.63, 3.8) is 0 Å². The summed E-state index contributed by atoms with van der Waals surface area (Å²) in [6, 6.07) is 9.57. The van der Waals surface area contributed by atoms with Crippen LogP contribution in [0.1, 0.15) is 0 Å². The summed E-state index contributed by atoms with van der Waals surface area (Å²) >= 11 is 6.31. The van der Waals surface area contributed by atoms with Gasteiger partial charge in [0.1, 0.15) is 23.9 Å². The molecule has 1 saturated heterocycles. The Labute approximate surface area is 201 Å². The fourth-order valence-corrected chi connectivity index (χ4v) is 4.20. The highest BCUT2D eigenvalue weighted by Gasteiger charge is 2.34. The Morgan fingerprint density at radius 2 is 1.97 bits per heavy atom. The van der Waals surface area contributed by atoms with Gasteiger partial charge in [-0.2, -0.15) is 10.7 Å². The van der Waals surface area contributed by atoms with Crippen LogP contribution in [0.4, 0.5) is 28.8 Å². The Kier molecular flexibility index (Phi) is 6.18. The second-order valence-corrected chi connectivity index (χ2v) is 8.24. The average molecular weight is 480 g/mol. The molecule has 12 heteroatoms. The standard InChI is InChI=1S/C22H23ClN10O/c1-34-30-16-3-5-20(27-11-16)25-6-7-26-22-28-12-19-21(29-22)17-4-2-15(23)10-18(17)33-14-31(13-24)8-9-32(19)33/h2-5,10-12,30H,6-9,14H2,1H3,(H,25,27)(H,26,28,29)/p+1. The Hall–Kier alpha value is -3.85. The van der Waals surface area contributed by atoms with Crippen molar-refractivity contribution in [2.45, 2.75) is 0 Å². The summed E-state index contributed by atoms with van der Waals surface area (Å²) in [6.07, 6.45) is 5.81. The number of nitrogens with one attached hydrogen (secondary N) is 2. The van der Waals surface area contributed by atoms with Gasteiger partial charge in [-0.1, -0.05) is 11.6 Å². The van der Waals surface area contributed by atoms with E-state index < -0.39 is 0 Å². The van der Waals surface area contributed by atoms with E-state index in [1.54, 1.807) is 23.7 Å². The van der Waals surface area contributed by atoms with Gasteiger partial charge in [-0.05, 0) is 24.3 Å². The average Bonchev–Trinajstić information content (AvgIpc) is 2.87. The smallest absolute Gasteiger partial charge is 0.223 e. The molecule has 3 aromatic rings. The van der Waals surface area contributed by atoms with Crippen molar-refractivity contribution in [2.75, 3.05) is 60.6 Å². The zero-order chi connectivity index (χ0) is 23.5. The zero-order valence-electron chi connectivity index (χ0n) is 18.6. The summed E-state index contributed by atoms with van der Waals surface area (Å²) in [4.78, 5) is 20.4. The van der Waals surface area contributed by atoms with Crippen LogP contribution in [-0.4, -0.2) is 59.8 Å². The fourth-order valence-electron chi connectivity index (χ4n) is 4.03. The minimum Gasteiger partial charge on any atom is -0.368 e. The minimum atomic E-state index is 0.452. The van der Waals surface area contributed by atoms with E-state index in [-0.39, 0.29) is 0 Å². The van der Waals surface area contributed by atoms with E-state index >= 15 is 0 Å². The van der Waals surface area contributed by atoms with Crippen LogP contribution in [0.2, 0.25) is 5.02 Å². The number of aromatic nitrogens is 3. The highest BCUT2D eigenvalue weighted by Crippen LogP contribution is 2.44. The highest BCUT2D eigenvalue weighted by molar-refractivity contribution is 6.31. The number of hydrazine groups is 1. The van der Waals surface area contributed by atoms with Crippen molar-refractivity contribution < 1.29 is 10.3 Å². The lowest BCUT2D eigenvalue weighted by Gasteiger charge is -2.47. The van der Waals surface area contributed by atoms with Gasteiger partial charge < -0.3 is 10.6 Å². The number of benzene rings is 1. The first-order valence-electron chi connectivity index (χ1n) is 10.8. The van der Waals surface area contributed by atoms with Crippen molar-refractivity contribution >= 4 is 40.4 Å². The summed E-state index contributed by atoms with van der Waals surface area (Å²) in [7, 11) is 1.61. The summed E-state index contributed by atoms with van der Waals surface area (Å²) in [5.41, 5.74) is 6.17. The number of quaternary nitrogens is 1. The molecule has 2 aliphatic heterocycles. The number of nitrogens with zero attached hydrogens (tertiary/aromatic N) is 7. The van der Waals surface area contributed by atoms with Gasteiger partial charge in [0.25, 0.3) is 0 Å². The van der Waals surface area contributed by atoms with Crippen LogP contribution in [0.25, 0.3) is 11.3 Å². The van der Waals surface area contributed by atoms with Gasteiger partial charge in [0.15, 0.2) is 11.9 Å². The van der Waals surface area contributed by atoms with E-state index in [0.29, 0.717) is 43.8 Å². The van der Waals surface area contributed by atoms with Crippen LogP contribution < -0.4 is 26.1 Å². The number of anilines is 4. The number of nitrogens with two attached hydrogens (primary N) is 1. The van der Waals surface area contributed by atoms with Crippen LogP contribution in [0.15, 0.2) is 42.7 Å². The largest absolute Gasteiger partial charge is 0.368 e. The lowest BCUT2D eigenvalue weighted by molar-refractivity contribution is -0.830. The molecule has 4 heterocycles. The van der Waals surface area contributed by atoms with E-state index in [1.165, 1.54) is 0 Å². The van der Waals surface area contributed by atoms with E-state index in [1.807, 2.05) is 36.5 Å². The maximum absolute atomic E-state index is 9.38. The molecule has 174 valence electrons. The lowest BCUT2D eigenvalue weighted by atomic mass is 10.0. The van der Waals surface area contributed by atoms with E-state index in [9.17, 15) is 5.26 Å². The number of nitriles is 1. The zero-order valence-corrected chi connectivity index (χ0v) is 19.3. The molecule has 0 unspecified atom stereocenters. The van der Waals surface area contributed by atoms with Crippen molar-refractivity contribution in [3.8, 4) is 17.5 Å². The van der Waals surface area contributed by atoms with Gasteiger partial charge in [0, 0.05) is 36.3 Å². The molecule has 5 rings (SSSR count). The van der Waals surface area contributed by atoms with E-state index in [2.05, 4.69) is 36.8 Å². The maximum atomic E-state index is 9.38. The molecular formula is C22H24ClN10O+. The topological polar surface area (TPSA) is 122 Å². The summed E-state index contributed by atoms with van der Waals surface area (Å²) in [5, 5.41) is 20.7. The quantitative estimate of drug-likeness (QED) is 0.262. The first-order valence-corrected chi connectivity index (χ1v) is 11.2. The normalized spacial score (nSPS) is 14.1. The second-order valence-electron chi connectivity index (χ2n) is 7.80. The molecule has 1 fully saturated rings. The molecule has 1 aromatic carbocycles. The number of pyridine rings is 1. The summed E-state index contributed by atoms with van der Waals surface area (Å²) in [6.45, 7) is 3.00. The molecule has 0 aliphatic carbocycles. The van der Waals surface area contributed by atoms with E-state index in [4.69, 9.17) is 21.4 Å². The molecule has 0 radical (unpaired) electrons. The third-order valence-corrected chi connectivity index (χ3v) is 5.85. The van der Waals surface area contributed by atoms with Gasteiger partial charge in [-0.25, -0.2) is 19.8 Å². The number of halogens is 1. The molecule has 4 N–H and O–H groups in total. The third-order valence-electron chi connectivity index (χ3n) is 5.61. The van der Waals surface area contributed by atoms with Gasteiger partial charge >= 0.3 is 0 Å². The van der Waals surface area contributed by atoms with Crippen LogP contribution >= 0.6 is 11.6 Å². The Morgan fingerprint density at radius 3 is 2.76 bits per heavy atom. The Morgan fingerprint density at radius 1 is 1.09 bits per heavy atom. The lowest BCUT2D eigenvalue weighted by Crippen LogP contribution is -2.75. The first kappa shape index (κ1) is 22.0. The Balaban J connectivity index is 1.30. The maximum Gasteiger partial charge on any atom is 0.223 e. The molecule has 0 saturated carbocycles. The molecule has 2 aliphatic rings. The number of hydrogen-bond donors (Lipinski definition) is 3. The minimum absolute atomic E-state index is 0.452. The van der Waals surface area contributed by atoms with E-state index in [0.717, 1.165) is 34.1 Å². The molecule has 0 spiro atoms. The molecule has 0 amide bonds. The van der Waals surface area contributed by atoms with Crippen LogP contribution in [0, 0.1) is 11.5 Å². The first-order chi connectivity index (χ1) is 16.7. The summed E-state index contributed by atoms with van der Waals surface area (Å²) in [5.74, 6) is 1.33. The molecular weight excluding hydrogens is 456 g/mol. The Bertz CT molecular complexity index is 1220. The summed E-state index contributed by atoms with van der Waals surface area (Å²) < 4.78 is 0. The van der Waals surface area contributed by atoms with Crippen molar-refractivity contribution in [1.82, 2.24) is 19.9 Å². The highest BCUT2D eigenvalue weighted by atomic mass is 35.5. The van der Waals surface area contributed by atoms with Gasteiger partial charge in [-0.3, -0.25) is 14.9 Å². The molecule has 0 atom stereocenters. The van der Waals surface area contributed by atoms with Crippen LogP contribution in [0.5, 0.6) is 0 Å². The predicted molar refractivity (Wildman–Crippen MR) is 129 cm³/mol. The van der Waals surface area contributed by atoms with Gasteiger partial charge in [-0.15, -0.1) is 0 Å². The monoisotopic (exact) mass is 479 g/mol. The van der Waals surface area contributed by atoms with Crippen molar-refractivity contribution in [1.29, 1.82) is 5.26 Å². The van der Waals surface area contributed by atoms with Gasteiger partial charge in [0.2, 0.25) is 5.95 Å². The number of fused-ring (bicyclic) bond motifs is 6. The molecule has 0 bridgehead atoms. The molecule has 11 nitrogen and oxygen atoms in total. The SMILES string of the molecule is CO[NH2+]c1ccc(NCCNc2ncc3c(n2)-c2ccc(Cl)cc2N2CN(C#N)CCN32)nc1. The predicted octanol–water partition coefficient (Wildman–Crippen LogP) is 1.77. The fraction of sp³-hybridized carbons (Fsp3) is 0.273. The second kappa shape index (κ2) is 9.56. The number of rotatable bonds is 7. The third kappa shape index (κ3) is 4.34. The van der Waals surface area contributed by atoms with Crippen LogP contribution in [-0.2, 0) is 4.84 Å². The van der Waals surface area contributed by atoms with Crippen molar-refractivity contribution in [2.24, 2.45) is 0 Å². The van der Waals surface area contributed by atoms with Crippen molar-refractivity contribution in [3.05, 3.63) is 47.7 Å².